The largest absolute Gasteiger partial charge is 0.429 e. The molecule has 2 aromatic heterocycles. The van der Waals surface area contributed by atoms with Gasteiger partial charge in [-0.05, 0) is 36.7 Å². The summed E-state index contributed by atoms with van der Waals surface area (Å²) < 4.78 is 5.98. The molecule has 0 radical (unpaired) electrons. The van der Waals surface area contributed by atoms with Gasteiger partial charge in [0.2, 0.25) is 0 Å². The molecule has 0 amide bonds. The van der Waals surface area contributed by atoms with E-state index in [-0.39, 0.29) is 0 Å². The molecule has 2 heterocycles. The summed E-state index contributed by atoms with van der Waals surface area (Å²) >= 11 is 1.33. The Hall–Kier alpha value is -3.67. The third kappa shape index (κ3) is 4.27. The SMILES string of the molecule is N#Cc1ccc(-c2ncc(CCN)cn2)c(Oc2nnc(-c3ccccc3)s2)c1. The standard InChI is InChI=1S/C21H16N6OS/c22-9-8-15-12-24-19(25-13-15)17-7-6-14(11-23)10-18(17)28-21-27-26-20(29-21)16-4-2-1-3-5-16/h1-7,10,12-13H,8-9,22H2. The summed E-state index contributed by atoms with van der Waals surface area (Å²) in [5.41, 5.74) is 8.64. The molecule has 0 fully saturated rings. The van der Waals surface area contributed by atoms with Gasteiger partial charge in [-0.2, -0.15) is 5.26 Å². The molecule has 29 heavy (non-hydrogen) atoms. The molecule has 0 aliphatic rings. The minimum absolute atomic E-state index is 0.375. The topological polar surface area (TPSA) is 111 Å². The van der Waals surface area contributed by atoms with Gasteiger partial charge in [0.15, 0.2) is 10.8 Å². The lowest BCUT2D eigenvalue weighted by Gasteiger charge is -2.09. The molecule has 0 saturated heterocycles. The summed E-state index contributed by atoms with van der Waals surface area (Å²) in [6.07, 6.45) is 4.20. The molecule has 0 bridgehead atoms. The van der Waals surface area contributed by atoms with Crippen molar-refractivity contribution in [3.05, 3.63) is 72.1 Å². The number of benzene rings is 2. The maximum Gasteiger partial charge on any atom is 0.299 e. The summed E-state index contributed by atoms with van der Waals surface area (Å²) in [4.78, 5) is 8.83. The minimum Gasteiger partial charge on any atom is -0.429 e. The predicted molar refractivity (Wildman–Crippen MR) is 110 cm³/mol. The van der Waals surface area contributed by atoms with E-state index in [4.69, 9.17) is 10.5 Å². The Bertz CT molecular complexity index is 1150. The van der Waals surface area contributed by atoms with Crippen LogP contribution in [0.2, 0.25) is 0 Å². The number of nitrogens with two attached hydrogens (primary N) is 1. The van der Waals surface area contributed by atoms with Gasteiger partial charge in [0.25, 0.3) is 5.19 Å². The molecular weight excluding hydrogens is 384 g/mol. The number of nitrogens with zero attached hydrogens (tertiary/aromatic N) is 5. The van der Waals surface area contributed by atoms with Crippen molar-refractivity contribution in [3.63, 3.8) is 0 Å². The second-order valence-electron chi connectivity index (χ2n) is 6.12. The highest BCUT2D eigenvalue weighted by Gasteiger charge is 2.15. The van der Waals surface area contributed by atoms with Crippen LogP contribution in [0, 0.1) is 11.3 Å². The van der Waals surface area contributed by atoms with Crippen LogP contribution < -0.4 is 10.5 Å². The van der Waals surface area contributed by atoms with Gasteiger partial charge in [0, 0.05) is 18.0 Å². The Morgan fingerprint density at radius 2 is 1.83 bits per heavy atom. The average molecular weight is 400 g/mol. The number of aromatic nitrogens is 4. The van der Waals surface area contributed by atoms with Crippen molar-refractivity contribution in [2.24, 2.45) is 5.73 Å². The summed E-state index contributed by atoms with van der Waals surface area (Å²) in [6.45, 7) is 0.536. The maximum atomic E-state index is 9.26. The number of ether oxygens (including phenoxy) is 1. The molecule has 2 N–H and O–H groups in total. The zero-order valence-corrected chi connectivity index (χ0v) is 16.1. The molecule has 2 aromatic carbocycles. The molecule has 7 nitrogen and oxygen atoms in total. The first kappa shape index (κ1) is 18.7. The molecule has 0 spiro atoms. The Labute approximate surface area is 171 Å². The fraction of sp³-hybridized carbons (Fsp3) is 0.0952. The summed E-state index contributed by atoms with van der Waals surface area (Å²) in [7, 11) is 0. The fourth-order valence-corrected chi connectivity index (χ4v) is 3.41. The first-order valence-corrected chi connectivity index (χ1v) is 9.71. The average Bonchev–Trinajstić information content (AvgIpc) is 3.24. The van der Waals surface area contributed by atoms with Crippen molar-refractivity contribution in [1.82, 2.24) is 20.2 Å². The maximum absolute atomic E-state index is 9.26. The minimum atomic E-state index is 0.375. The molecule has 4 rings (SSSR count). The van der Waals surface area contributed by atoms with Crippen LogP contribution in [0.1, 0.15) is 11.1 Å². The van der Waals surface area contributed by atoms with Crippen molar-refractivity contribution in [2.75, 3.05) is 6.54 Å². The van der Waals surface area contributed by atoms with Gasteiger partial charge in [-0.3, -0.25) is 0 Å². The quantitative estimate of drug-likeness (QED) is 0.523. The van der Waals surface area contributed by atoms with E-state index < -0.39 is 0 Å². The lowest BCUT2D eigenvalue weighted by molar-refractivity contribution is 0.474. The van der Waals surface area contributed by atoms with E-state index in [0.29, 0.717) is 40.9 Å². The number of hydrogen-bond acceptors (Lipinski definition) is 8. The zero-order valence-electron chi connectivity index (χ0n) is 15.3. The van der Waals surface area contributed by atoms with Crippen LogP contribution in [-0.2, 0) is 6.42 Å². The lowest BCUT2D eigenvalue weighted by atomic mass is 10.1. The van der Waals surface area contributed by atoms with Crippen LogP contribution in [0.4, 0.5) is 0 Å². The second-order valence-corrected chi connectivity index (χ2v) is 7.06. The fourth-order valence-electron chi connectivity index (χ4n) is 2.69. The molecular formula is C21H16N6OS. The summed E-state index contributed by atoms with van der Waals surface area (Å²) in [6, 6.07) is 17.0. The van der Waals surface area contributed by atoms with E-state index in [2.05, 4.69) is 26.2 Å². The molecule has 142 valence electrons. The number of hydrogen-bond donors (Lipinski definition) is 1. The number of nitriles is 1. The monoisotopic (exact) mass is 400 g/mol. The van der Waals surface area contributed by atoms with Crippen LogP contribution in [-0.4, -0.2) is 26.7 Å². The third-order valence-electron chi connectivity index (χ3n) is 4.11. The van der Waals surface area contributed by atoms with Crippen LogP contribution in [0.5, 0.6) is 10.9 Å². The van der Waals surface area contributed by atoms with Crippen molar-refractivity contribution in [2.45, 2.75) is 6.42 Å². The summed E-state index contributed by atoms with van der Waals surface area (Å²) in [5, 5.41) is 18.7. The van der Waals surface area contributed by atoms with E-state index in [1.54, 1.807) is 30.6 Å². The Morgan fingerprint density at radius 3 is 2.55 bits per heavy atom. The first-order chi connectivity index (χ1) is 14.3. The lowest BCUT2D eigenvalue weighted by Crippen LogP contribution is -2.04. The van der Waals surface area contributed by atoms with Gasteiger partial charge in [-0.1, -0.05) is 46.8 Å². The molecule has 0 saturated carbocycles. The number of rotatable bonds is 6. The van der Waals surface area contributed by atoms with E-state index in [0.717, 1.165) is 16.1 Å². The Balaban J connectivity index is 1.66. The van der Waals surface area contributed by atoms with Crippen molar-refractivity contribution < 1.29 is 4.74 Å². The molecule has 0 aliphatic heterocycles. The van der Waals surface area contributed by atoms with Gasteiger partial charge < -0.3 is 10.5 Å². The molecule has 0 atom stereocenters. The first-order valence-electron chi connectivity index (χ1n) is 8.89. The van der Waals surface area contributed by atoms with E-state index in [1.807, 2.05) is 30.3 Å². The van der Waals surface area contributed by atoms with Crippen LogP contribution in [0.15, 0.2) is 60.9 Å². The molecule has 0 aliphatic carbocycles. The van der Waals surface area contributed by atoms with Gasteiger partial charge in [-0.15, -0.1) is 5.10 Å². The molecule has 4 aromatic rings. The van der Waals surface area contributed by atoms with E-state index >= 15 is 0 Å². The van der Waals surface area contributed by atoms with Crippen LogP contribution in [0.25, 0.3) is 22.0 Å². The predicted octanol–water partition coefficient (Wildman–Crippen LogP) is 3.83. The molecule has 8 heteroatoms. The van der Waals surface area contributed by atoms with Crippen molar-refractivity contribution in [3.8, 4) is 39.0 Å². The van der Waals surface area contributed by atoms with E-state index in [9.17, 15) is 5.26 Å². The highest BCUT2D eigenvalue weighted by atomic mass is 32.1. The smallest absolute Gasteiger partial charge is 0.299 e. The van der Waals surface area contributed by atoms with Crippen LogP contribution >= 0.6 is 11.3 Å². The van der Waals surface area contributed by atoms with Gasteiger partial charge >= 0.3 is 0 Å². The summed E-state index contributed by atoms with van der Waals surface area (Å²) in [5.74, 6) is 0.949. The van der Waals surface area contributed by atoms with E-state index in [1.165, 1.54) is 11.3 Å². The Kier molecular flexibility index (Phi) is 5.52. The normalized spacial score (nSPS) is 10.5. The molecule has 0 unspecified atom stereocenters. The van der Waals surface area contributed by atoms with Crippen molar-refractivity contribution >= 4 is 11.3 Å². The van der Waals surface area contributed by atoms with Crippen molar-refractivity contribution in [1.29, 1.82) is 5.26 Å². The van der Waals surface area contributed by atoms with Gasteiger partial charge in [0.1, 0.15) is 5.75 Å². The zero-order chi connectivity index (χ0) is 20.1. The highest BCUT2D eigenvalue weighted by molar-refractivity contribution is 7.16. The highest BCUT2D eigenvalue weighted by Crippen LogP contribution is 2.35. The van der Waals surface area contributed by atoms with Gasteiger partial charge in [0.05, 0.1) is 17.2 Å². The van der Waals surface area contributed by atoms with Gasteiger partial charge in [-0.25, -0.2) is 9.97 Å². The third-order valence-corrected chi connectivity index (χ3v) is 4.96. The second kappa shape index (κ2) is 8.56. The van der Waals surface area contributed by atoms with Crippen LogP contribution in [0.3, 0.4) is 0 Å². The Morgan fingerprint density at radius 1 is 1.03 bits per heavy atom.